The first-order chi connectivity index (χ1) is 8.71. The van der Waals surface area contributed by atoms with Crippen molar-refractivity contribution in [2.24, 2.45) is 0 Å². The van der Waals surface area contributed by atoms with Gasteiger partial charge in [-0.3, -0.25) is 0 Å². The molecule has 0 radical (unpaired) electrons. The molecule has 1 heterocycles. The molecule has 1 aromatic carbocycles. The number of benzene rings is 1. The van der Waals surface area contributed by atoms with Crippen molar-refractivity contribution in [3.05, 3.63) is 41.1 Å². The van der Waals surface area contributed by atoms with Crippen molar-refractivity contribution in [1.82, 2.24) is 0 Å². The van der Waals surface area contributed by atoms with E-state index in [0.29, 0.717) is 5.56 Å². The average molecular weight is 262 g/mol. The molecule has 0 atom stereocenters. The Hall–Kier alpha value is -1.13. The van der Waals surface area contributed by atoms with Gasteiger partial charge in [-0.05, 0) is 51.8 Å². The molecule has 0 aliphatic carbocycles. The smallest absolute Gasteiger partial charge is 0.400 e. The first-order valence-electron chi connectivity index (χ1n) is 6.51. The van der Waals surface area contributed by atoms with Crippen molar-refractivity contribution >= 4 is 13.2 Å². The van der Waals surface area contributed by atoms with Crippen LogP contribution in [0.25, 0.3) is 6.08 Å². The van der Waals surface area contributed by atoms with Gasteiger partial charge in [0.15, 0.2) is 0 Å². The molecule has 2 nitrogen and oxygen atoms in total. The fourth-order valence-corrected chi connectivity index (χ4v) is 1.87. The van der Waals surface area contributed by atoms with Crippen molar-refractivity contribution in [2.45, 2.75) is 45.8 Å². The van der Waals surface area contributed by atoms with E-state index < -0.39 is 7.12 Å². The molecule has 0 amide bonds. The van der Waals surface area contributed by atoms with Crippen LogP contribution in [0.15, 0.2) is 24.2 Å². The minimum Gasteiger partial charge on any atom is -0.400 e. The fourth-order valence-electron chi connectivity index (χ4n) is 1.87. The maximum absolute atomic E-state index is 13.4. The summed E-state index contributed by atoms with van der Waals surface area (Å²) in [6.07, 6.45) is 1.82. The van der Waals surface area contributed by atoms with E-state index >= 15 is 0 Å². The van der Waals surface area contributed by atoms with Gasteiger partial charge in [0.2, 0.25) is 0 Å². The van der Waals surface area contributed by atoms with E-state index in [9.17, 15) is 4.39 Å². The quantitative estimate of drug-likeness (QED) is 0.755. The molecule has 19 heavy (non-hydrogen) atoms. The van der Waals surface area contributed by atoms with Crippen LogP contribution >= 0.6 is 0 Å². The Kier molecular flexibility index (Phi) is 3.58. The van der Waals surface area contributed by atoms with Gasteiger partial charge >= 0.3 is 7.12 Å². The maximum atomic E-state index is 13.4. The van der Waals surface area contributed by atoms with Gasteiger partial charge in [-0.2, -0.15) is 0 Å². The highest BCUT2D eigenvalue weighted by atomic mass is 19.1. The minimum absolute atomic E-state index is 0.198. The number of hydrogen-bond acceptors (Lipinski definition) is 2. The molecular weight excluding hydrogens is 242 g/mol. The first kappa shape index (κ1) is 14.3. The number of rotatable bonds is 2. The van der Waals surface area contributed by atoms with E-state index in [2.05, 4.69) is 0 Å². The fraction of sp³-hybridized carbons (Fsp3) is 0.467. The Balaban J connectivity index is 2.10. The molecule has 2 rings (SSSR count). The number of aryl methyl sites for hydroxylation is 1. The van der Waals surface area contributed by atoms with Crippen LogP contribution in [0, 0.1) is 12.7 Å². The molecule has 4 heteroatoms. The minimum atomic E-state index is -0.394. The van der Waals surface area contributed by atoms with Gasteiger partial charge in [0.05, 0.1) is 11.2 Å². The molecule has 0 spiro atoms. The van der Waals surface area contributed by atoms with Crippen molar-refractivity contribution in [2.75, 3.05) is 0 Å². The van der Waals surface area contributed by atoms with Gasteiger partial charge in [0.1, 0.15) is 5.82 Å². The zero-order valence-corrected chi connectivity index (χ0v) is 12.2. The molecule has 0 bridgehead atoms. The molecule has 0 unspecified atom stereocenters. The number of halogens is 1. The van der Waals surface area contributed by atoms with Gasteiger partial charge in [-0.15, -0.1) is 0 Å². The van der Waals surface area contributed by atoms with Gasteiger partial charge in [0, 0.05) is 0 Å². The topological polar surface area (TPSA) is 18.5 Å². The van der Waals surface area contributed by atoms with Crippen LogP contribution in [0.4, 0.5) is 4.39 Å². The highest BCUT2D eigenvalue weighted by Crippen LogP contribution is 2.37. The van der Waals surface area contributed by atoms with Gasteiger partial charge in [0.25, 0.3) is 0 Å². The standard InChI is InChI=1S/C15H20BFO2/c1-11-6-7-12(10-13(11)17)8-9-16-18-14(2,3)15(4,5)19-16/h6-10H,1-5H3/b9-8+. The Morgan fingerprint density at radius 2 is 1.68 bits per heavy atom. The number of hydrogen-bond donors (Lipinski definition) is 0. The lowest BCUT2D eigenvalue weighted by Crippen LogP contribution is -2.41. The third-order valence-corrected chi connectivity index (χ3v) is 3.91. The molecule has 1 aromatic rings. The van der Waals surface area contributed by atoms with Crippen LogP contribution in [0.1, 0.15) is 38.8 Å². The summed E-state index contributed by atoms with van der Waals surface area (Å²) in [4.78, 5) is 0. The van der Waals surface area contributed by atoms with Gasteiger partial charge in [-0.1, -0.05) is 24.2 Å². The van der Waals surface area contributed by atoms with E-state index in [4.69, 9.17) is 9.31 Å². The summed E-state index contributed by atoms with van der Waals surface area (Å²) in [5.41, 5.74) is 0.756. The van der Waals surface area contributed by atoms with Gasteiger partial charge in [-0.25, -0.2) is 4.39 Å². The predicted molar refractivity (Wildman–Crippen MR) is 76.3 cm³/mol. The van der Waals surface area contributed by atoms with E-state index in [1.54, 1.807) is 13.0 Å². The summed E-state index contributed by atoms with van der Waals surface area (Å²) in [6.45, 7) is 9.77. The highest BCUT2D eigenvalue weighted by Gasteiger charge is 2.49. The molecule has 1 fully saturated rings. The van der Waals surface area contributed by atoms with Crippen LogP contribution < -0.4 is 0 Å². The largest absolute Gasteiger partial charge is 0.487 e. The van der Waals surface area contributed by atoms with Crippen molar-refractivity contribution in [3.8, 4) is 0 Å². The van der Waals surface area contributed by atoms with Crippen LogP contribution in [0.3, 0.4) is 0 Å². The summed E-state index contributed by atoms with van der Waals surface area (Å²) in [7, 11) is -0.394. The Morgan fingerprint density at radius 3 is 2.21 bits per heavy atom. The third-order valence-electron chi connectivity index (χ3n) is 3.91. The van der Waals surface area contributed by atoms with E-state index in [1.165, 1.54) is 6.07 Å². The third kappa shape index (κ3) is 2.90. The summed E-state index contributed by atoms with van der Waals surface area (Å²) in [5, 5.41) is 0. The zero-order valence-electron chi connectivity index (χ0n) is 12.2. The molecule has 0 N–H and O–H groups in total. The summed E-state index contributed by atoms with van der Waals surface area (Å²) in [6, 6.07) is 5.15. The van der Waals surface area contributed by atoms with E-state index in [-0.39, 0.29) is 17.0 Å². The first-order valence-corrected chi connectivity index (χ1v) is 6.51. The molecule has 1 aliphatic heterocycles. The van der Waals surface area contributed by atoms with Crippen molar-refractivity contribution in [1.29, 1.82) is 0 Å². The highest BCUT2D eigenvalue weighted by molar-refractivity contribution is 6.52. The summed E-state index contributed by atoms with van der Waals surface area (Å²) < 4.78 is 25.1. The zero-order chi connectivity index (χ0) is 14.3. The van der Waals surface area contributed by atoms with Crippen molar-refractivity contribution in [3.63, 3.8) is 0 Å². The Bertz CT molecular complexity index is 493. The van der Waals surface area contributed by atoms with Crippen LogP contribution in [0.2, 0.25) is 0 Å². The Morgan fingerprint density at radius 1 is 1.11 bits per heavy atom. The van der Waals surface area contributed by atoms with Crippen LogP contribution in [-0.2, 0) is 9.31 Å². The van der Waals surface area contributed by atoms with Crippen LogP contribution in [0.5, 0.6) is 0 Å². The Labute approximate surface area is 114 Å². The monoisotopic (exact) mass is 262 g/mol. The second-order valence-corrected chi connectivity index (χ2v) is 5.99. The maximum Gasteiger partial charge on any atom is 0.487 e. The summed E-state index contributed by atoms with van der Waals surface area (Å²) in [5.74, 6) is 1.62. The molecule has 1 saturated heterocycles. The second-order valence-electron chi connectivity index (χ2n) is 5.99. The van der Waals surface area contributed by atoms with Gasteiger partial charge < -0.3 is 9.31 Å². The van der Waals surface area contributed by atoms with E-state index in [0.717, 1.165) is 5.56 Å². The lowest BCUT2D eigenvalue weighted by Gasteiger charge is -2.32. The normalized spacial score (nSPS) is 21.3. The van der Waals surface area contributed by atoms with Crippen molar-refractivity contribution < 1.29 is 13.7 Å². The second kappa shape index (κ2) is 4.76. The molecule has 0 aromatic heterocycles. The van der Waals surface area contributed by atoms with E-state index in [1.807, 2.05) is 45.8 Å². The van der Waals surface area contributed by atoms with Crippen LogP contribution in [-0.4, -0.2) is 18.3 Å². The lowest BCUT2D eigenvalue weighted by molar-refractivity contribution is 0.00578. The average Bonchev–Trinajstić information content (AvgIpc) is 2.49. The molecular formula is C15H20BFO2. The molecule has 0 saturated carbocycles. The molecule has 102 valence electrons. The predicted octanol–water partition coefficient (Wildman–Crippen LogP) is 3.78. The SMILES string of the molecule is Cc1ccc(/C=C/B2OC(C)(C)C(C)(C)O2)cc1F. The summed E-state index contributed by atoms with van der Waals surface area (Å²) >= 11 is 0. The lowest BCUT2D eigenvalue weighted by atomic mass is 9.89. The molecule has 1 aliphatic rings.